The minimum absolute atomic E-state index is 0.263. The molecule has 20 heavy (non-hydrogen) atoms. The minimum Gasteiger partial charge on any atom is -0.493 e. The van der Waals surface area contributed by atoms with Gasteiger partial charge >= 0.3 is 0 Å². The zero-order chi connectivity index (χ0) is 14.5. The maximum atomic E-state index is 11.1. The average Bonchev–Trinajstić information content (AvgIpc) is 2.92. The predicted molar refractivity (Wildman–Crippen MR) is 80.4 cm³/mol. The topological polar surface area (TPSA) is 35.5 Å². The van der Waals surface area contributed by atoms with Gasteiger partial charge < -0.3 is 9.47 Å². The molecule has 1 saturated carbocycles. The third-order valence-corrected chi connectivity index (χ3v) is 3.77. The summed E-state index contributed by atoms with van der Waals surface area (Å²) in [6.45, 7) is 1.69. The van der Waals surface area contributed by atoms with Crippen LogP contribution in [0.3, 0.4) is 0 Å². The summed E-state index contributed by atoms with van der Waals surface area (Å²) in [6.07, 6.45) is 6.61. The summed E-state index contributed by atoms with van der Waals surface area (Å²) in [7, 11) is 1.62. The van der Waals surface area contributed by atoms with Crippen LogP contribution in [0.25, 0.3) is 6.08 Å². The molecule has 0 radical (unpaired) electrons. The zero-order valence-electron chi connectivity index (χ0n) is 11.8. The van der Waals surface area contributed by atoms with Crippen LogP contribution in [0.4, 0.5) is 0 Å². The first kappa shape index (κ1) is 14.9. The third-order valence-electron chi connectivity index (χ3n) is 3.48. The molecule has 3 nitrogen and oxygen atoms in total. The van der Waals surface area contributed by atoms with Crippen molar-refractivity contribution in [2.75, 3.05) is 7.11 Å². The van der Waals surface area contributed by atoms with E-state index >= 15 is 0 Å². The van der Waals surface area contributed by atoms with E-state index in [0.717, 1.165) is 24.2 Å². The number of hydrogen-bond acceptors (Lipinski definition) is 3. The normalized spacial score (nSPS) is 16.2. The van der Waals surface area contributed by atoms with Gasteiger partial charge in [0.25, 0.3) is 0 Å². The second-order valence-corrected chi connectivity index (χ2v) is 5.38. The highest BCUT2D eigenvalue weighted by Crippen LogP contribution is 2.33. The average molecular weight is 295 g/mol. The van der Waals surface area contributed by atoms with Crippen molar-refractivity contribution in [3.63, 3.8) is 0 Å². The van der Waals surface area contributed by atoms with E-state index in [1.54, 1.807) is 20.1 Å². The lowest BCUT2D eigenvalue weighted by atomic mass is 10.1. The predicted octanol–water partition coefficient (Wildman–Crippen LogP) is 4.19. The molecule has 0 atom stereocenters. The molecule has 0 spiro atoms. The Morgan fingerprint density at radius 1 is 1.30 bits per heavy atom. The van der Waals surface area contributed by atoms with Gasteiger partial charge in [-0.15, -0.1) is 0 Å². The Morgan fingerprint density at radius 2 is 2.00 bits per heavy atom. The fourth-order valence-corrected chi connectivity index (χ4v) is 2.42. The minimum atomic E-state index is -0.445. The van der Waals surface area contributed by atoms with Crippen molar-refractivity contribution in [2.45, 2.75) is 38.7 Å². The van der Waals surface area contributed by atoms with Crippen molar-refractivity contribution in [3.8, 4) is 11.5 Å². The molecular formula is C16H19ClO3. The molecule has 0 bridgehead atoms. The highest BCUT2D eigenvalue weighted by Gasteiger charge is 2.18. The molecule has 0 aromatic heterocycles. The molecule has 0 amide bonds. The summed E-state index contributed by atoms with van der Waals surface area (Å²) in [4.78, 5) is 11.1. The molecule has 108 valence electrons. The molecule has 0 N–H and O–H groups in total. The molecule has 4 heteroatoms. The van der Waals surface area contributed by atoms with Crippen molar-refractivity contribution in [1.29, 1.82) is 0 Å². The fraction of sp³-hybridized carbons (Fsp3) is 0.438. The SMILES string of the molecule is COc1ccc(/C=C(\C)C(=O)Cl)cc1OC1CCCC1. The van der Waals surface area contributed by atoms with Gasteiger partial charge in [-0.3, -0.25) is 4.79 Å². The zero-order valence-corrected chi connectivity index (χ0v) is 12.6. The Balaban J connectivity index is 2.23. The van der Waals surface area contributed by atoms with Crippen molar-refractivity contribution < 1.29 is 14.3 Å². The number of ether oxygens (including phenoxy) is 2. The van der Waals surface area contributed by atoms with Crippen LogP contribution in [0.2, 0.25) is 0 Å². The van der Waals surface area contributed by atoms with Crippen LogP contribution in [0.5, 0.6) is 11.5 Å². The van der Waals surface area contributed by atoms with E-state index < -0.39 is 5.24 Å². The molecule has 0 unspecified atom stereocenters. The lowest BCUT2D eigenvalue weighted by molar-refractivity contribution is -0.108. The van der Waals surface area contributed by atoms with Crippen LogP contribution in [-0.2, 0) is 4.79 Å². The fourth-order valence-electron chi connectivity index (χ4n) is 2.37. The summed E-state index contributed by atoms with van der Waals surface area (Å²) in [5.74, 6) is 1.44. The van der Waals surface area contributed by atoms with Crippen molar-refractivity contribution in [2.24, 2.45) is 0 Å². The molecule has 1 aliphatic carbocycles. The highest BCUT2D eigenvalue weighted by molar-refractivity contribution is 6.68. The Labute approximate surface area is 124 Å². The molecule has 1 fully saturated rings. The van der Waals surface area contributed by atoms with Gasteiger partial charge in [-0.25, -0.2) is 0 Å². The number of carbonyl (C=O) groups is 1. The van der Waals surface area contributed by atoms with Crippen LogP contribution in [0.1, 0.15) is 38.2 Å². The highest BCUT2D eigenvalue weighted by atomic mass is 35.5. The summed E-state index contributed by atoms with van der Waals surface area (Å²) in [5, 5.41) is -0.445. The molecule has 1 aromatic rings. The van der Waals surface area contributed by atoms with Crippen molar-refractivity contribution in [1.82, 2.24) is 0 Å². The van der Waals surface area contributed by atoms with Crippen molar-refractivity contribution >= 4 is 22.9 Å². The van der Waals surface area contributed by atoms with Crippen LogP contribution in [0.15, 0.2) is 23.8 Å². The molecule has 2 rings (SSSR count). The quantitative estimate of drug-likeness (QED) is 0.603. The Hall–Kier alpha value is -1.48. The standard InChI is InChI=1S/C16H19ClO3/c1-11(16(17)18)9-12-7-8-14(19-2)15(10-12)20-13-5-3-4-6-13/h7-10,13H,3-6H2,1-2H3/b11-9+. The summed E-state index contributed by atoms with van der Waals surface area (Å²) < 4.78 is 11.3. The van der Waals surface area contributed by atoms with Crippen LogP contribution in [-0.4, -0.2) is 18.5 Å². The van der Waals surface area contributed by atoms with Gasteiger partial charge in [0, 0.05) is 5.57 Å². The first-order valence-corrected chi connectivity index (χ1v) is 7.21. The lowest BCUT2D eigenvalue weighted by Crippen LogP contribution is -2.11. The van der Waals surface area contributed by atoms with E-state index in [1.807, 2.05) is 18.2 Å². The van der Waals surface area contributed by atoms with Gasteiger partial charge in [-0.2, -0.15) is 0 Å². The maximum Gasteiger partial charge on any atom is 0.248 e. The second-order valence-electron chi connectivity index (χ2n) is 5.04. The Morgan fingerprint density at radius 3 is 2.60 bits per heavy atom. The van der Waals surface area contributed by atoms with E-state index in [4.69, 9.17) is 21.1 Å². The summed E-state index contributed by atoms with van der Waals surface area (Å²) in [6, 6.07) is 5.62. The van der Waals surface area contributed by atoms with Gasteiger partial charge in [0.15, 0.2) is 11.5 Å². The van der Waals surface area contributed by atoms with Gasteiger partial charge in [-0.1, -0.05) is 6.07 Å². The molecule has 0 saturated heterocycles. The summed E-state index contributed by atoms with van der Waals surface area (Å²) in [5.41, 5.74) is 1.38. The Bertz CT molecular complexity index is 516. The smallest absolute Gasteiger partial charge is 0.248 e. The number of benzene rings is 1. The number of halogens is 1. The van der Waals surface area contributed by atoms with Gasteiger partial charge in [0.05, 0.1) is 13.2 Å². The first-order valence-electron chi connectivity index (χ1n) is 6.83. The maximum absolute atomic E-state index is 11.1. The lowest BCUT2D eigenvalue weighted by Gasteiger charge is -2.16. The molecule has 1 aromatic carbocycles. The van der Waals surface area contributed by atoms with Gasteiger partial charge in [-0.05, 0) is 68.0 Å². The van der Waals surface area contributed by atoms with E-state index in [2.05, 4.69) is 0 Å². The molecular weight excluding hydrogens is 276 g/mol. The van der Waals surface area contributed by atoms with E-state index in [9.17, 15) is 4.79 Å². The Kier molecular flexibility index (Phi) is 5.07. The van der Waals surface area contributed by atoms with Gasteiger partial charge in [0.1, 0.15) is 0 Å². The molecule has 1 aliphatic rings. The monoisotopic (exact) mass is 294 g/mol. The number of carbonyl (C=O) groups excluding carboxylic acids is 1. The first-order chi connectivity index (χ1) is 9.60. The third kappa shape index (κ3) is 3.76. The number of rotatable bonds is 5. The van der Waals surface area contributed by atoms with E-state index in [-0.39, 0.29) is 6.10 Å². The second kappa shape index (κ2) is 6.80. The largest absolute Gasteiger partial charge is 0.493 e. The molecule has 0 aliphatic heterocycles. The van der Waals surface area contributed by atoms with E-state index in [1.165, 1.54) is 12.8 Å². The molecule has 0 heterocycles. The number of methoxy groups -OCH3 is 1. The van der Waals surface area contributed by atoms with Crippen LogP contribution < -0.4 is 9.47 Å². The number of hydrogen-bond donors (Lipinski definition) is 0. The van der Waals surface area contributed by atoms with Gasteiger partial charge in [0.2, 0.25) is 5.24 Å². The number of allylic oxidation sites excluding steroid dienone is 1. The van der Waals surface area contributed by atoms with Crippen LogP contribution >= 0.6 is 11.6 Å². The van der Waals surface area contributed by atoms with E-state index in [0.29, 0.717) is 11.3 Å². The van der Waals surface area contributed by atoms with Crippen LogP contribution in [0, 0.1) is 0 Å². The van der Waals surface area contributed by atoms with Crippen molar-refractivity contribution in [3.05, 3.63) is 29.3 Å². The summed E-state index contributed by atoms with van der Waals surface area (Å²) >= 11 is 5.45.